The normalized spacial score (nSPS) is 19.0. The number of nitrogens with zero attached hydrogens (tertiary/aromatic N) is 2. The molecule has 1 N–H and O–H groups in total. The fourth-order valence-corrected chi connectivity index (χ4v) is 3.81. The number of anilines is 2. The number of para-hydroxylation sites is 1. The van der Waals surface area contributed by atoms with Crippen molar-refractivity contribution in [2.45, 2.75) is 25.3 Å². The third kappa shape index (κ3) is 3.47. The predicted octanol–water partition coefficient (Wildman–Crippen LogP) is 2.96. The summed E-state index contributed by atoms with van der Waals surface area (Å²) in [5.41, 5.74) is 2.99. The van der Waals surface area contributed by atoms with Crippen molar-refractivity contribution in [1.82, 2.24) is 5.32 Å². The zero-order valence-electron chi connectivity index (χ0n) is 15.4. The number of ether oxygens (including phenoxy) is 1. The van der Waals surface area contributed by atoms with Gasteiger partial charge in [0.2, 0.25) is 5.91 Å². The summed E-state index contributed by atoms with van der Waals surface area (Å²) in [6, 6.07) is 15.1. The molecule has 1 fully saturated rings. The first-order chi connectivity index (χ1) is 13.2. The molecule has 0 bridgehead atoms. The highest BCUT2D eigenvalue weighted by Gasteiger charge is 2.33. The fourth-order valence-electron chi connectivity index (χ4n) is 3.81. The largest absolute Gasteiger partial charge is 0.497 e. The highest BCUT2D eigenvalue weighted by atomic mass is 16.5. The summed E-state index contributed by atoms with van der Waals surface area (Å²) in [5, 5.41) is 3.04. The van der Waals surface area contributed by atoms with Crippen molar-refractivity contribution in [2.75, 3.05) is 30.0 Å². The summed E-state index contributed by atoms with van der Waals surface area (Å²) < 4.78 is 5.16. The van der Waals surface area contributed by atoms with Crippen LogP contribution in [0.5, 0.6) is 5.75 Å². The lowest BCUT2D eigenvalue weighted by Crippen LogP contribution is -2.47. The number of methoxy groups -OCH3 is 1. The van der Waals surface area contributed by atoms with E-state index in [0.717, 1.165) is 30.0 Å². The highest BCUT2D eigenvalue weighted by molar-refractivity contribution is 5.98. The SMILES string of the molecule is COc1ccc(N2CC(NC(=O)N3CCCc4ccccc43)CC2=O)cc1. The first-order valence-electron chi connectivity index (χ1n) is 9.26. The number of fused-ring (bicyclic) bond motifs is 1. The van der Waals surface area contributed by atoms with Gasteiger partial charge in [-0.2, -0.15) is 0 Å². The molecule has 6 heteroatoms. The van der Waals surface area contributed by atoms with Crippen LogP contribution in [-0.2, 0) is 11.2 Å². The van der Waals surface area contributed by atoms with Gasteiger partial charge in [-0.3, -0.25) is 9.69 Å². The van der Waals surface area contributed by atoms with Crippen LogP contribution in [0.2, 0.25) is 0 Å². The van der Waals surface area contributed by atoms with E-state index in [1.807, 2.05) is 42.5 Å². The van der Waals surface area contributed by atoms with Gasteiger partial charge in [0.15, 0.2) is 0 Å². The molecule has 2 aromatic rings. The second-order valence-corrected chi connectivity index (χ2v) is 6.94. The Labute approximate surface area is 158 Å². The summed E-state index contributed by atoms with van der Waals surface area (Å²) in [7, 11) is 1.61. The van der Waals surface area contributed by atoms with Crippen molar-refractivity contribution in [3.05, 3.63) is 54.1 Å². The topological polar surface area (TPSA) is 61.9 Å². The van der Waals surface area contributed by atoms with Gasteiger partial charge in [-0.15, -0.1) is 0 Å². The van der Waals surface area contributed by atoms with Gasteiger partial charge in [-0.05, 0) is 48.7 Å². The quantitative estimate of drug-likeness (QED) is 0.910. The van der Waals surface area contributed by atoms with E-state index in [1.165, 1.54) is 5.56 Å². The molecule has 2 aromatic carbocycles. The van der Waals surface area contributed by atoms with Gasteiger partial charge < -0.3 is 15.0 Å². The van der Waals surface area contributed by atoms with E-state index < -0.39 is 0 Å². The van der Waals surface area contributed by atoms with E-state index in [9.17, 15) is 9.59 Å². The van der Waals surface area contributed by atoms with E-state index in [2.05, 4.69) is 11.4 Å². The Bertz CT molecular complexity index is 850. The third-order valence-corrected chi connectivity index (χ3v) is 5.19. The van der Waals surface area contributed by atoms with E-state index in [1.54, 1.807) is 16.9 Å². The molecule has 1 saturated heterocycles. The van der Waals surface area contributed by atoms with Gasteiger partial charge in [0.1, 0.15) is 5.75 Å². The molecule has 0 saturated carbocycles. The molecule has 0 aromatic heterocycles. The molecule has 4 rings (SSSR count). The summed E-state index contributed by atoms with van der Waals surface area (Å²) in [6.07, 6.45) is 2.26. The molecule has 0 spiro atoms. The standard InChI is InChI=1S/C21H23N3O3/c1-27-18-10-8-17(9-11-18)24-14-16(13-20(24)25)22-21(26)23-12-4-6-15-5-2-3-7-19(15)23/h2-3,5,7-11,16H,4,6,12-14H2,1H3,(H,22,26). The Balaban J connectivity index is 1.43. The van der Waals surface area contributed by atoms with E-state index in [4.69, 9.17) is 4.74 Å². The molecule has 140 valence electrons. The van der Waals surface area contributed by atoms with Gasteiger partial charge in [0.05, 0.1) is 13.2 Å². The average molecular weight is 365 g/mol. The number of hydrogen-bond acceptors (Lipinski definition) is 3. The molecule has 0 radical (unpaired) electrons. The van der Waals surface area contributed by atoms with Gasteiger partial charge in [-0.25, -0.2) is 4.79 Å². The number of urea groups is 1. The number of rotatable bonds is 3. The van der Waals surface area contributed by atoms with Crippen LogP contribution in [0.4, 0.5) is 16.2 Å². The van der Waals surface area contributed by atoms with Crippen LogP contribution < -0.4 is 19.9 Å². The van der Waals surface area contributed by atoms with Gasteiger partial charge >= 0.3 is 6.03 Å². The average Bonchev–Trinajstić information content (AvgIpc) is 3.07. The lowest BCUT2D eigenvalue weighted by atomic mass is 10.0. The minimum atomic E-state index is -0.193. The van der Waals surface area contributed by atoms with Crippen molar-refractivity contribution in [3.8, 4) is 5.75 Å². The maximum Gasteiger partial charge on any atom is 0.322 e. The zero-order valence-corrected chi connectivity index (χ0v) is 15.4. The second-order valence-electron chi connectivity index (χ2n) is 6.94. The lowest BCUT2D eigenvalue weighted by molar-refractivity contribution is -0.117. The smallest absolute Gasteiger partial charge is 0.322 e. The molecular formula is C21H23N3O3. The summed E-state index contributed by atoms with van der Waals surface area (Å²) >= 11 is 0. The van der Waals surface area contributed by atoms with E-state index in [-0.39, 0.29) is 18.0 Å². The van der Waals surface area contributed by atoms with Crippen molar-refractivity contribution < 1.29 is 14.3 Å². The summed E-state index contributed by atoms with van der Waals surface area (Å²) in [6.45, 7) is 1.18. The van der Waals surface area contributed by atoms with Crippen LogP contribution in [0, 0.1) is 0 Å². The van der Waals surface area contributed by atoms with Gasteiger partial charge in [0, 0.05) is 30.9 Å². The predicted molar refractivity (Wildman–Crippen MR) is 104 cm³/mol. The van der Waals surface area contributed by atoms with Crippen molar-refractivity contribution in [3.63, 3.8) is 0 Å². The van der Waals surface area contributed by atoms with Crippen LogP contribution in [0.15, 0.2) is 48.5 Å². The molecule has 2 heterocycles. The number of amides is 3. The van der Waals surface area contributed by atoms with Crippen molar-refractivity contribution in [2.24, 2.45) is 0 Å². The molecule has 2 aliphatic heterocycles. The number of nitrogens with one attached hydrogen (secondary N) is 1. The first kappa shape index (κ1) is 17.4. The maximum atomic E-state index is 12.8. The maximum absolute atomic E-state index is 12.8. The Morgan fingerprint density at radius 2 is 1.93 bits per heavy atom. The van der Waals surface area contributed by atoms with E-state index >= 15 is 0 Å². The van der Waals surface area contributed by atoms with Gasteiger partial charge in [0.25, 0.3) is 0 Å². The van der Waals surface area contributed by atoms with Crippen molar-refractivity contribution in [1.29, 1.82) is 0 Å². The Morgan fingerprint density at radius 1 is 1.15 bits per heavy atom. The Kier molecular flexibility index (Phi) is 4.71. The number of hydrogen-bond donors (Lipinski definition) is 1. The van der Waals surface area contributed by atoms with Crippen LogP contribution in [0.3, 0.4) is 0 Å². The Hall–Kier alpha value is -3.02. The molecular weight excluding hydrogens is 342 g/mol. The number of aryl methyl sites for hydroxylation is 1. The van der Waals surface area contributed by atoms with Crippen molar-refractivity contribution >= 4 is 23.3 Å². The van der Waals surface area contributed by atoms with Crippen LogP contribution in [0.1, 0.15) is 18.4 Å². The van der Waals surface area contributed by atoms with Crippen LogP contribution in [0.25, 0.3) is 0 Å². The molecule has 1 atom stereocenters. The molecule has 0 aliphatic carbocycles. The lowest BCUT2D eigenvalue weighted by Gasteiger charge is -2.30. The third-order valence-electron chi connectivity index (χ3n) is 5.19. The number of benzene rings is 2. The summed E-state index contributed by atoms with van der Waals surface area (Å²) in [5.74, 6) is 0.767. The monoisotopic (exact) mass is 365 g/mol. The molecule has 6 nitrogen and oxygen atoms in total. The van der Waals surface area contributed by atoms with Gasteiger partial charge in [-0.1, -0.05) is 18.2 Å². The first-order valence-corrected chi connectivity index (χ1v) is 9.26. The number of carbonyl (C=O) groups excluding carboxylic acids is 2. The fraction of sp³-hybridized carbons (Fsp3) is 0.333. The second kappa shape index (κ2) is 7.31. The molecule has 1 unspecified atom stereocenters. The van der Waals surface area contributed by atoms with Crippen LogP contribution in [-0.4, -0.2) is 38.2 Å². The highest BCUT2D eigenvalue weighted by Crippen LogP contribution is 2.28. The molecule has 3 amide bonds. The van der Waals surface area contributed by atoms with Crippen LogP contribution >= 0.6 is 0 Å². The van der Waals surface area contributed by atoms with E-state index in [0.29, 0.717) is 19.5 Å². The number of carbonyl (C=O) groups is 2. The minimum Gasteiger partial charge on any atom is -0.497 e. The zero-order chi connectivity index (χ0) is 18.8. The molecule has 27 heavy (non-hydrogen) atoms. The molecule has 2 aliphatic rings. The minimum absolute atomic E-state index is 0.0181. The Morgan fingerprint density at radius 3 is 2.70 bits per heavy atom. The summed E-state index contributed by atoms with van der Waals surface area (Å²) in [4.78, 5) is 28.8.